The maximum atomic E-state index is 11.8. The molecule has 3 heterocycles. The number of likely N-dealkylation sites (tertiary alicyclic amines) is 1. The maximum Gasteiger partial charge on any atom is 0.160 e. The van der Waals surface area contributed by atoms with E-state index in [9.17, 15) is 5.11 Å². The van der Waals surface area contributed by atoms with E-state index in [0.717, 1.165) is 41.7 Å². The molecule has 0 spiro atoms. The molecular formula is C20H26N2O4. The second-order valence-corrected chi connectivity index (χ2v) is 7.00. The molecule has 1 aromatic carbocycles. The third-order valence-electron chi connectivity index (χ3n) is 5.63. The van der Waals surface area contributed by atoms with E-state index in [1.165, 1.54) is 0 Å². The van der Waals surface area contributed by atoms with Gasteiger partial charge in [-0.2, -0.15) is 0 Å². The Morgan fingerprint density at radius 1 is 1.31 bits per heavy atom. The average molecular weight is 358 g/mol. The highest BCUT2D eigenvalue weighted by molar-refractivity contribution is 5.84. The van der Waals surface area contributed by atoms with E-state index in [1.807, 2.05) is 24.3 Å². The van der Waals surface area contributed by atoms with Crippen LogP contribution in [0.25, 0.3) is 10.9 Å². The van der Waals surface area contributed by atoms with Gasteiger partial charge in [-0.1, -0.05) is 6.92 Å². The van der Waals surface area contributed by atoms with Crippen LogP contribution in [0.2, 0.25) is 0 Å². The summed E-state index contributed by atoms with van der Waals surface area (Å²) in [6.45, 7) is 4.91. The van der Waals surface area contributed by atoms with Crippen LogP contribution >= 0.6 is 0 Å². The largest absolute Gasteiger partial charge is 0.497 e. The first-order valence-corrected chi connectivity index (χ1v) is 9.29. The van der Waals surface area contributed by atoms with Crippen molar-refractivity contribution in [2.24, 2.45) is 5.92 Å². The van der Waals surface area contributed by atoms with Crippen LogP contribution in [0.4, 0.5) is 0 Å². The number of hydrogen-bond donors (Lipinski definition) is 1. The van der Waals surface area contributed by atoms with E-state index in [-0.39, 0.29) is 12.2 Å². The SMILES string of the molecule is CCN1CCC(C2OCCO2)C[C@@]1(O)c1ccnc2ccc(OC)cc12. The van der Waals surface area contributed by atoms with Crippen molar-refractivity contribution in [3.63, 3.8) is 0 Å². The number of aromatic nitrogens is 1. The fourth-order valence-corrected chi connectivity index (χ4v) is 4.29. The fraction of sp³-hybridized carbons (Fsp3) is 0.550. The van der Waals surface area contributed by atoms with Gasteiger partial charge in [0.1, 0.15) is 11.5 Å². The van der Waals surface area contributed by atoms with Gasteiger partial charge < -0.3 is 19.3 Å². The Kier molecular flexibility index (Phi) is 4.84. The van der Waals surface area contributed by atoms with Crippen molar-refractivity contribution in [2.45, 2.75) is 31.8 Å². The molecule has 0 radical (unpaired) electrons. The Labute approximate surface area is 153 Å². The number of piperidine rings is 1. The van der Waals surface area contributed by atoms with E-state index in [1.54, 1.807) is 13.3 Å². The van der Waals surface area contributed by atoms with E-state index < -0.39 is 5.72 Å². The lowest BCUT2D eigenvalue weighted by atomic mass is 9.82. The minimum Gasteiger partial charge on any atom is -0.497 e. The second-order valence-electron chi connectivity index (χ2n) is 7.00. The Balaban J connectivity index is 1.78. The van der Waals surface area contributed by atoms with Crippen LogP contribution in [0.3, 0.4) is 0 Å². The van der Waals surface area contributed by atoms with Gasteiger partial charge in [-0.05, 0) is 37.2 Å². The van der Waals surface area contributed by atoms with Crippen molar-refractivity contribution in [2.75, 3.05) is 33.4 Å². The zero-order valence-electron chi connectivity index (χ0n) is 15.4. The highest BCUT2D eigenvalue weighted by atomic mass is 16.7. The number of methoxy groups -OCH3 is 1. The van der Waals surface area contributed by atoms with E-state index in [4.69, 9.17) is 14.2 Å². The summed E-state index contributed by atoms with van der Waals surface area (Å²) in [5.41, 5.74) is 0.634. The summed E-state index contributed by atoms with van der Waals surface area (Å²) in [4.78, 5) is 6.59. The Bertz CT molecular complexity index is 777. The Hall–Kier alpha value is -1.73. The van der Waals surface area contributed by atoms with Gasteiger partial charge in [-0.25, -0.2) is 0 Å². The van der Waals surface area contributed by atoms with Crippen molar-refractivity contribution in [1.29, 1.82) is 0 Å². The van der Waals surface area contributed by atoms with E-state index in [0.29, 0.717) is 19.6 Å². The van der Waals surface area contributed by atoms with E-state index >= 15 is 0 Å². The van der Waals surface area contributed by atoms with Crippen molar-refractivity contribution < 1.29 is 19.3 Å². The zero-order chi connectivity index (χ0) is 18.1. The number of aliphatic hydroxyl groups is 1. The van der Waals surface area contributed by atoms with Gasteiger partial charge in [0, 0.05) is 36.0 Å². The summed E-state index contributed by atoms with van der Waals surface area (Å²) in [6.07, 6.45) is 3.07. The summed E-state index contributed by atoms with van der Waals surface area (Å²) in [5, 5.41) is 12.8. The minimum absolute atomic E-state index is 0.166. The molecular weight excluding hydrogens is 332 g/mol. The van der Waals surface area contributed by atoms with E-state index in [2.05, 4.69) is 16.8 Å². The van der Waals surface area contributed by atoms with Gasteiger partial charge in [0.2, 0.25) is 0 Å². The molecule has 4 rings (SSSR count). The van der Waals surface area contributed by atoms with Crippen molar-refractivity contribution in [3.05, 3.63) is 36.0 Å². The smallest absolute Gasteiger partial charge is 0.160 e. The molecule has 2 aliphatic rings. The summed E-state index contributed by atoms with van der Waals surface area (Å²) in [5.74, 6) is 0.923. The molecule has 0 saturated carbocycles. The normalized spacial score (nSPS) is 27.9. The molecule has 1 unspecified atom stereocenters. The summed E-state index contributed by atoms with van der Waals surface area (Å²) < 4.78 is 16.9. The molecule has 2 atom stereocenters. The standard InChI is InChI=1S/C20H26N2O4/c1-3-22-9-7-14(19-25-10-11-26-19)13-20(22,23)17-6-8-21-18-5-4-15(24-2)12-16(17)18/h4-6,8,12,14,19,23H,3,7,9-11,13H2,1-2H3/t14?,20-/m1/s1. The number of hydrogen-bond acceptors (Lipinski definition) is 6. The summed E-state index contributed by atoms with van der Waals surface area (Å²) >= 11 is 0. The van der Waals surface area contributed by atoms with Gasteiger partial charge >= 0.3 is 0 Å². The highest BCUT2D eigenvalue weighted by Crippen LogP contribution is 2.43. The average Bonchev–Trinajstić information content (AvgIpc) is 3.21. The number of benzene rings is 1. The topological polar surface area (TPSA) is 64.1 Å². The van der Waals surface area contributed by atoms with Crippen LogP contribution in [0, 0.1) is 5.92 Å². The number of fused-ring (bicyclic) bond motifs is 1. The number of nitrogens with zero attached hydrogens (tertiary/aromatic N) is 2. The Morgan fingerprint density at radius 3 is 2.85 bits per heavy atom. The quantitative estimate of drug-likeness (QED) is 0.906. The van der Waals surface area contributed by atoms with Gasteiger partial charge in [0.15, 0.2) is 6.29 Å². The van der Waals surface area contributed by atoms with Crippen LogP contribution in [-0.4, -0.2) is 54.7 Å². The molecule has 2 saturated heterocycles. The van der Waals surface area contributed by atoms with Crippen LogP contribution in [0.15, 0.2) is 30.5 Å². The Morgan fingerprint density at radius 2 is 2.12 bits per heavy atom. The first kappa shape index (κ1) is 17.7. The van der Waals surface area contributed by atoms with Gasteiger partial charge in [-0.15, -0.1) is 0 Å². The predicted molar refractivity (Wildman–Crippen MR) is 97.9 cm³/mol. The second kappa shape index (κ2) is 7.12. The van der Waals surface area contributed by atoms with Crippen LogP contribution < -0.4 is 4.74 Å². The molecule has 0 bridgehead atoms. The molecule has 1 N–H and O–H groups in total. The van der Waals surface area contributed by atoms with Crippen LogP contribution in [-0.2, 0) is 15.2 Å². The highest BCUT2D eigenvalue weighted by Gasteiger charge is 2.45. The molecule has 2 aliphatic heterocycles. The first-order chi connectivity index (χ1) is 12.7. The van der Waals surface area contributed by atoms with Gasteiger partial charge in [0.05, 0.1) is 25.8 Å². The van der Waals surface area contributed by atoms with Crippen LogP contribution in [0.5, 0.6) is 5.75 Å². The maximum absolute atomic E-state index is 11.8. The third-order valence-corrected chi connectivity index (χ3v) is 5.63. The molecule has 6 heteroatoms. The molecule has 1 aromatic heterocycles. The monoisotopic (exact) mass is 358 g/mol. The number of pyridine rings is 1. The van der Waals surface area contributed by atoms with Gasteiger partial charge in [-0.3, -0.25) is 9.88 Å². The summed E-state index contributed by atoms with van der Waals surface area (Å²) in [6, 6.07) is 7.70. The fourth-order valence-electron chi connectivity index (χ4n) is 4.29. The molecule has 0 aliphatic carbocycles. The molecule has 0 amide bonds. The predicted octanol–water partition coefficient (Wildman–Crippen LogP) is 2.49. The van der Waals surface area contributed by atoms with Crippen molar-refractivity contribution in [1.82, 2.24) is 9.88 Å². The molecule has 6 nitrogen and oxygen atoms in total. The lowest BCUT2D eigenvalue weighted by Crippen LogP contribution is -2.53. The third kappa shape index (κ3) is 2.97. The molecule has 2 fully saturated rings. The van der Waals surface area contributed by atoms with Crippen molar-refractivity contribution >= 4 is 10.9 Å². The van der Waals surface area contributed by atoms with Crippen molar-refractivity contribution in [3.8, 4) is 5.75 Å². The lowest BCUT2D eigenvalue weighted by Gasteiger charge is -2.47. The summed E-state index contributed by atoms with van der Waals surface area (Å²) in [7, 11) is 1.65. The number of rotatable bonds is 4. The first-order valence-electron chi connectivity index (χ1n) is 9.29. The lowest BCUT2D eigenvalue weighted by molar-refractivity contribution is -0.188. The molecule has 140 valence electrons. The molecule has 2 aromatic rings. The molecule has 26 heavy (non-hydrogen) atoms. The van der Waals surface area contributed by atoms with Gasteiger partial charge in [0.25, 0.3) is 0 Å². The number of ether oxygens (including phenoxy) is 3. The minimum atomic E-state index is -1.08. The zero-order valence-corrected chi connectivity index (χ0v) is 15.4. The van der Waals surface area contributed by atoms with Crippen LogP contribution in [0.1, 0.15) is 25.3 Å².